The summed E-state index contributed by atoms with van der Waals surface area (Å²) in [6.45, 7) is 0. The molecule has 1 heterocycles. The number of esters is 1. The topological polar surface area (TPSA) is 55.8 Å². The average Bonchev–Trinajstić information content (AvgIpc) is 2.46. The number of hydrogen-bond acceptors (Lipinski definition) is 4. The van der Waals surface area contributed by atoms with Crippen LogP contribution in [0, 0.1) is 0 Å². The van der Waals surface area contributed by atoms with Gasteiger partial charge in [-0.25, -0.2) is 4.79 Å². The third-order valence-corrected chi connectivity index (χ3v) is 3.25. The SMILES string of the molecule is COC(=O)C1CCCC(=O)N1c1cccc(OC)c1. The van der Waals surface area contributed by atoms with Crippen molar-refractivity contribution in [2.75, 3.05) is 19.1 Å². The lowest BCUT2D eigenvalue weighted by Gasteiger charge is -2.33. The van der Waals surface area contributed by atoms with Crippen molar-refractivity contribution in [3.63, 3.8) is 0 Å². The lowest BCUT2D eigenvalue weighted by atomic mass is 10.0. The van der Waals surface area contributed by atoms with E-state index in [1.54, 1.807) is 31.4 Å². The van der Waals surface area contributed by atoms with E-state index in [4.69, 9.17) is 9.47 Å². The summed E-state index contributed by atoms with van der Waals surface area (Å²) < 4.78 is 9.93. The second kappa shape index (κ2) is 5.73. The molecule has 1 aliphatic rings. The van der Waals surface area contributed by atoms with Crippen LogP contribution in [0.2, 0.25) is 0 Å². The van der Waals surface area contributed by atoms with Crippen LogP contribution in [-0.2, 0) is 14.3 Å². The van der Waals surface area contributed by atoms with Crippen molar-refractivity contribution in [2.24, 2.45) is 0 Å². The molecule has 1 aromatic carbocycles. The van der Waals surface area contributed by atoms with Crippen molar-refractivity contribution >= 4 is 17.6 Å². The fraction of sp³-hybridized carbons (Fsp3) is 0.429. The summed E-state index contributed by atoms with van der Waals surface area (Å²) >= 11 is 0. The number of piperidine rings is 1. The monoisotopic (exact) mass is 263 g/mol. The second-order valence-corrected chi connectivity index (χ2v) is 4.40. The van der Waals surface area contributed by atoms with Gasteiger partial charge >= 0.3 is 5.97 Å². The lowest BCUT2D eigenvalue weighted by molar-refractivity contribution is -0.144. The molecule has 2 rings (SSSR count). The molecule has 0 aliphatic carbocycles. The van der Waals surface area contributed by atoms with E-state index in [0.717, 1.165) is 0 Å². The number of rotatable bonds is 3. The molecule has 0 aromatic heterocycles. The number of benzene rings is 1. The van der Waals surface area contributed by atoms with Crippen molar-refractivity contribution in [2.45, 2.75) is 25.3 Å². The molecule has 0 spiro atoms. The van der Waals surface area contributed by atoms with Gasteiger partial charge in [-0.2, -0.15) is 0 Å². The van der Waals surface area contributed by atoms with E-state index in [9.17, 15) is 9.59 Å². The van der Waals surface area contributed by atoms with E-state index >= 15 is 0 Å². The van der Waals surface area contributed by atoms with Gasteiger partial charge in [0.25, 0.3) is 0 Å². The van der Waals surface area contributed by atoms with Crippen molar-refractivity contribution in [1.82, 2.24) is 0 Å². The zero-order valence-electron chi connectivity index (χ0n) is 11.1. The summed E-state index contributed by atoms with van der Waals surface area (Å²) in [6.07, 6.45) is 1.78. The zero-order chi connectivity index (χ0) is 13.8. The molecule has 1 saturated heterocycles. The van der Waals surface area contributed by atoms with Gasteiger partial charge in [0, 0.05) is 18.2 Å². The smallest absolute Gasteiger partial charge is 0.328 e. The number of amides is 1. The maximum atomic E-state index is 12.1. The summed E-state index contributed by atoms with van der Waals surface area (Å²) in [5.41, 5.74) is 0.666. The van der Waals surface area contributed by atoms with Crippen LogP contribution in [0.25, 0.3) is 0 Å². The molecule has 0 bridgehead atoms. The first kappa shape index (κ1) is 13.4. The van der Waals surface area contributed by atoms with Crippen molar-refractivity contribution in [3.05, 3.63) is 24.3 Å². The highest BCUT2D eigenvalue weighted by Crippen LogP contribution is 2.29. The normalized spacial score (nSPS) is 19.2. The highest BCUT2D eigenvalue weighted by Gasteiger charge is 2.35. The van der Waals surface area contributed by atoms with Gasteiger partial charge in [0.1, 0.15) is 11.8 Å². The van der Waals surface area contributed by atoms with Gasteiger partial charge in [-0.15, -0.1) is 0 Å². The first-order chi connectivity index (χ1) is 9.17. The maximum Gasteiger partial charge on any atom is 0.328 e. The average molecular weight is 263 g/mol. The van der Waals surface area contributed by atoms with Crippen molar-refractivity contribution in [3.8, 4) is 5.75 Å². The molecule has 0 N–H and O–H groups in total. The van der Waals surface area contributed by atoms with Gasteiger partial charge in [0.15, 0.2) is 0 Å². The Morgan fingerprint density at radius 1 is 1.37 bits per heavy atom. The van der Waals surface area contributed by atoms with Crippen LogP contribution in [0.15, 0.2) is 24.3 Å². The Morgan fingerprint density at radius 2 is 2.16 bits per heavy atom. The molecule has 1 atom stereocenters. The van der Waals surface area contributed by atoms with E-state index in [-0.39, 0.29) is 11.9 Å². The molecule has 0 radical (unpaired) electrons. The summed E-state index contributed by atoms with van der Waals surface area (Å²) in [5, 5.41) is 0. The van der Waals surface area contributed by atoms with Gasteiger partial charge in [0.05, 0.1) is 14.2 Å². The quantitative estimate of drug-likeness (QED) is 0.780. The Balaban J connectivity index is 2.35. The largest absolute Gasteiger partial charge is 0.497 e. The number of methoxy groups -OCH3 is 2. The van der Waals surface area contributed by atoms with Gasteiger partial charge in [0.2, 0.25) is 5.91 Å². The van der Waals surface area contributed by atoms with Crippen LogP contribution in [0.5, 0.6) is 5.75 Å². The van der Waals surface area contributed by atoms with E-state index in [2.05, 4.69) is 0 Å². The predicted molar refractivity (Wildman–Crippen MR) is 70.1 cm³/mol. The highest BCUT2D eigenvalue weighted by molar-refractivity contribution is 6.00. The minimum absolute atomic E-state index is 0.0603. The van der Waals surface area contributed by atoms with E-state index in [0.29, 0.717) is 30.7 Å². The van der Waals surface area contributed by atoms with Crippen LogP contribution in [-0.4, -0.2) is 32.1 Å². The third kappa shape index (κ3) is 2.70. The standard InChI is InChI=1S/C14H17NO4/c1-18-11-6-3-5-10(9-11)15-12(14(17)19-2)7-4-8-13(15)16/h3,5-6,9,12H,4,7-8H2,1-2H3. The third-order valence-electron chi connectivity index (χ3n) is 3.25. The second-order valence-electron chi connectivity index (χ2n) is 4.40. The summed E-state index contributed by atoms with van der Waals surface area (Å²) in [7, 11) is 2.90. The molecule has 1 amide bonds. The lowest BCUT2D eigenvalue weighted by Crippen LogP contribution is -2.48. The van der Waals surface area contributed by atoms with Crippen LogP contribution >= 0.6 is 0 Å². The fourth-order valence-corrected chi connectivity index (χ4v) is 2.31. The van der Waals surface area contributed by atoms with Gasteiger partial charge in [-0.1, -0.05) is 6.07 Å². The van der Waals surface area contributed by atoms with E-state index in [1.807, 2.05) is 0 Å². The molecule has 5 nitrogen and oxygen atoms in total. The van der Waals surface area contributed by atoms with Crippen LogP contribution in [0.3, 0.4) is 0 Å². The number of anilines is 1. The van der Waals surface area contributed by atoms with Crippen LogP contribution in [0.4, 0.5) is 5.69 Å². The number of nitrogens with zero attached hydrogens (tertiary/aromatic N) is 1. The molecule has 1 aromatic rings. The molecule has 1 aliphatic heterocycles. The predicted octanol–water partition coefficient (Wildman–Crippen LogP) is 1.75. The first-order valence-electron chi connectivity index (χ1n) is 6.21. The molecule has 1 fully saturated rings. The maximum absolute atomic E-state index is 12.1. The van der Waals surface area contributed by atoms with Crippen LogP contribution in [0.1, 0.15) is 19.3 Å². The molecule has 1 unspecified atom stereocenters. The van der Waals surface area contributed by atoms with Gasteiger partial charge < -0.3 is 9.47 Å². The molecule has 5 heteroatoms. The first-order valence-corrected chi connectivity index (χ1v) is 6.21. The zero-order valence-corrected chi connectivity index (χ0v) is 11.1. The number of carbonyl (C=O) groups excluding carboxylic acids is 2. The Bertz CT molecular complexity index is 486. The number of ether oxygens (including phenoxy) is 2. The Kier molecular flexibility index (Phi) is 4.04. The Morgan fingerprint density at radius 3 is 2.84 bits per heavy atom. The Hall–Kier alpha value is -2.04. The van der Waals surface area contributed by atoms with Crippen molar-refractivity contribution < 1.29 is 19.1 Å². The van der Waals surface area contributed by atoms with E-state index in [1.165, 1.54) is 12.0 Å². The molecular weight excluding hydrogens is 246 g/mol. The number of carbonyl (C=O) groups is 2. The fourth-order valence-electron chi connectivity index (χ4n) is 2.31. The molecule has 19 heavy (non-hydrogen) atoms. The molecule has 102 valence electrons. The Labute approximate surface area is 112 Å². The van der Waals surface area contributed by atoms with Gasteiger partial charge in [-0.3, -0.25) is 9.69 Å². The minimum atomic E-state index is -0.543. The van der Waals surface area contributed by atoms with Crippen molar-refractivity contribution in [1.29, 1.82) is 0 Å². The minimum Gasteiger partial charge on any atom is -0.497 e. The number of hydrogen-bond donors (Lipinski definition) is 0. The molecular formula is C14H17NO4. The summed E-state index contributed by atoms with van der Waals surface area (Å²) in [6, 6.07) is 6.59. The summed E-state index contributed by atoms with van der Waals surface area (Å²) in [5.74, 6) is 0.213. The summed E-state index contributed by atoms with van der Waals surface area (Å²) in [4.78, 5) is 25.4. The van der Waals surface area contributed by atoms with Gasteiger partial charge in [-0.05, 0) is 25.0 Å². The van der Waals surface area contributed by atoms with E-state index < -0.39 is 6.04 Å². The van der Waals surface area contributed by atoms with Crippen LogP contribution < -0.4 is 9.64 Å². The highest BCUT2D eigenvalue weighted by atomic mass is 16.5. The molecule has 0 saturated carbocycles.